The highest BCUT2D eigenvalue weighted by Gasteiger charge is 2.38. The molecule has 2 N–H and O–H groups in total. The van der Waals surface area contributed by atoms with Crippen molar-refractivity contribution in [2.24, 2.45) is 0 Å². The van der Waals surface area contributed by atoms with E-state index in [-0.39, 0.29) is 5.56 Å². The maximum absolute atomic E-state index is 13.3. The first-order valence-corrected chi connectivity index (χ1v) is 4.48. The molecule has 0 fully saturated rings. The Balaban J connectivity index is 2.55. The Morgan fingerprint density at radius 3 is 2.35 bits per heavy atom. The molecule has 0 aliphatic heterocycles. The number of benzene rings is 1. The van der Waals surface area contributed by atoms with Crippen LogP contribution in [0.1, 0.15) is 17.2 Å². The van der Waals surface area contributed by atoms with Gasteiger partial charge < -0.3 is 14.7 Å². The second kappa shape index (κ2) is 4.13. The molecule has 0 amide bonds. The molecule has 1 atom stereocenters. The Morgan fingerprint density at radius 1 is 1.12 bits per heavy atom. The third kappa shape index (κ3) is 1.84. The third-order valence-corrected chi connectivity index (χ3v) is 2.33. The minimum Gasteiger partial charge on any atom is -0.402 e. The summed E-state index contributed by atoms with van der Waals surface area (Å²) in [5.41, 5.74) is -1.24. The maximum Gasteiger partial charge on any atom is 0.634 e. The van der Waals surface area contributed by atoms with Gasteiger partial charge in [0.05, 0.1) is 5.56 Å². The maximum atomic E-state index is 13.3. The summed E-state index contributed by atoms with van der Waals surface area (Å²) in [6.45, 7) is 0. The summed E-state index contributed by atoms with van der Waals surface area (Å²) >= 11 is 0. The molecule has 1 aromatic rings. The van der Waals surface area contributed by atoms with Crippen LogP contribution in [0.5, 0.6) is 0 Å². The zero-order chi connectivity index (χ0) is 12.7. The molecule has 3 nitrogen and oxygen atoms in total. The Bertz CT molecular complexity index is 503. The van der Waals surface area contributed by atoms with Crippen LogP contribution < -0.4 is 0 Å². The van der Waals surface area contributed by atoms with E-state index in [1.165, 1.54) is 0 Å². The summed E-state index contributed by atoms with van der Waals surface area (Å²) in [7, 11) is -2.36. The normalized spacial score (nSPS) is 18.6. The van der Waals surface area contributed by atoms with Crippen molar-refractivity contribution < 1.29 is 32.3 Å². The number of rotatable bonds is 2. The molecule has 0 saturated heterocycles. The monoisotopic (exact) mass is 248 g/mol. The molecular weight excluding hydrogens is 243 g/mol. The highest BCUT2D eigenvalue weighted by molar-refractivity contribution is 6.32. The average molecular weight is 248 g/mol. The van der Waals surface area contributed by atoms with Gasteiger partial charge in [-0.05, 0) is 11.6 Å². The molecule has 17 heavy (non-hydrogen) atoms. The average Bonchev–Trinajstić information content (AvgIpc) is 2.49. The van der Waals surface area contributed by atoms with Crippen LogP contribution in [-0.4, -0.2) is 17.4 Å². The molecule has 1 unspecified atom stereocenters. The topological polar surface area (TPSA) is 49.7 Å². The van der Waals surface area contributed by atoms with Crippen LogP contribution in [0.3, 0.4) is 0 Å². The summed E-state index contributed by atoms with van der Waals surface area (Å²) in [6.07, 6.45) is -1.79. The van der Waals surface area contributed by atoms with Crippen molar-refractivity contribution in [3.05, 3.63) is 40.7 Å². The number of fused-ring (bicyclic) bond motifs is 1. The lowest BCUT2D eigenvalue weighted by molar-refractivity contribution is 0.127. The fraction of sp³-hybridized carbons (Fsp3) is 0.111. The van der Waals surface area contributed by atoms with E-state index < -0.39 is 42.3 Å². The van der Waals surface area contributed by atoms with Crippen LogP contribution in [0.25, 0.3) is 5.83 Å². The lowest BCUT2D eigenvalue weighted by Crippen LogP contribution is -2.20. The zero-order valence-corrected chi connectivity index (χ0v) is 8.12. The van der Waals surface area contributed by atoms with Crippen molar-refractivity contribution in [3.8, 4) is 0 Å². The first kappa shape index (κ1) is 12.1. The summed E-state index contributed by atoms with van der Waals surface area (Å²) in [4.78, 5) is 0. The molecule has 90 valence electrons. The van der Waals surface area contributed by atoms with E-state index in [2.05, 4.69) is 4.65 Å². The standard InChI is InChI=1S/C9H5BF4O3/c11-4-2-1-3-5(6(4)12)7(13)8(14)9(3)17-10(15)16/h1-2,9,15-16H. The molecular formula is C9H5BF4O3. The largest absolute Gasteiger partial charge is 0.634 e. The molecule has 0 bridgehead atoms. The predicted octanol–water partition coefficient (Wildman–Crippen LogP) is 1.61. The molecule has 0 heterocycles. The number of halogens is 4. The lowest BCUT2D eigenvalue weighted by Gasteiger charge is -2.12. The van der Waals surface area contributed by atoms with Gasteiger partial charge in [0.1, 0.15) is 6.10 Å². The Morgan fingerprint density at radius 2 is 1.76 bits per heavy atom. The van der Waals surface area contributed by atoms with Gasteiger partial charge in [-0.2, -0.15) is 0 Å². The van der Waals surface area contributed by atoms with Crippen molar-refractivity contribution in [3.63, 3.8) is 0 Å². The van der Waals surface area contributed by atoms with Crippen molar-refractivity contribution in [2.45, 2.75) is 6.10 Å². The van der Waals surface area contributed by atoms with Gasteiger partial charge >= 0.3 is 7.32 Å². The van der Waals surface area contributed by atoms with E-state index in [0.717, 1.165) is 6.07 Å². The second-order valence-corrected chi connectivity index (χ2v) is 3.33. The van der Waals surface area contributed by atoms with Crippen molar-refractivity contribution in [2.75, 3.05) is 0 Å². The second-order valence-electron chi connectivity index (χ2n) is 3.33. The molecule has 0 aromatic heterocycles. The van der Waals surface area contributed by atoms with E-state index in [1.54, 1.807) is 0 Å². The number of hydrogen-bond donors (Lipinski definition) is 2. The SMILES string of the molecule is OB(O)OC1C(F)=C(F)c2c1ccc(F)c2F. The Kier molecular flexibility index (Phi) is 2.94. The summed E-state index contributed by atoms with van der Waals surface area (Å²) < 4.78 is 57.0. The van der Waals surface area contributed by atoms with Crippen LogP contribution in [0.2, 0.25) is 0 Å². The van der Waals surface area contributed by atoms with Gasteiger partial charge in [-0.25, -0.2) is 17.6 Å². The smallest absolute Gasteiger partial charge is 0.402 e. The summed E-state index contributed by atoms with van der Waals surface area (Å²) in [5, 5.41) is 17.0. The Hall–Kier alpha value is -1.38. The molecule has 1 aromatic carbocycles. The minimum absolute atomic E-state index is 0.341. The molecule has 0 radical (unpaired) electrons. The van der Waals surface area contributed by atoms with Crippen molar-refractivity contribution >= 4 is 13.1 Å². The predicted molar refractivity (Wildman–Crippen MR) is 49.5 cm³/mol. The van der Waals surface area contributed by atoms with Crippen LogP contribution >= 0.6 is 0 Å². The fourth-order valence-corrected chi connectivity index (χ4v) is 1.63. The third-order valence-electron chi connectivity index (χ3n) is 2.33. The van der Waals surface area contributed by atoms with E-state index >= 15 is 0 Å². The van der Waals surface area contributed by atoms with E-state index in [0.29, 0.717) is 6.07 Å². The molecule has 1 aliphatic rings. The van der Waals surface area contributed by atoms with E-state index in [4.69, 9.17) is 10.0 Å². The van der Waals surface area contributed by atoms with Gasteiger partial charge in [-0.3, -0.25) is 0 Å². The van der Waals surface area contributed by atoms with Crippen LogP contribution in [0.15, 0.2) is 18.0 Å². The zero-order valence-electron chi connectivity index (χ0n) is 8.12. The molecule has 0 spiro atoms. The molecule has 1 aliphatic carbocycles. The molecule has 0 saturated carbocycles. The summed E-state index contributed by atoms with van der Waals surface area (Å²) in [6, 6.07) is 1.58. The quantitative estimate of drug-likeness (QED) is 0.617. The fourth-order valence-electron chi connectivity index (χ4n) is 1.63. The van der Waals surface area contributed by atoms with Gasteiger partial charge in [0.25, 0.3) is 0 Å². The van der Waals surface area contributed by atoms with Crippen LogP contribution in [0, 0.1) is 11.6 Å². The van der Waals surface area contributed by atoms with Gasteiger partial charge in [0.2, 0.25) is 0 Å². The van der Waals surface area contributed by atoms with Crippen LogP contribution in [-0.2, 0) is 4.65 Å². The highest BCUT2D eigenvalue weighted by Crippen LogP contribution is 2.45. The lowest BCUT2D eigenvalue weighted by atomic mass is 10.1. The first-order valence-electron chi connectivity index (χ1n) is 4.48. The van der Waals surface area contributed by atoms with Crippen molar-refractivity contribution in [1.82, 2.24) is 0 Å². The molecule has 2 rings (SSSR count). The van der Waals surface area contributed by atoms with Crippen LogP contribution in [0.4, 0.5) is 17.6 Å². The highest BCUT2D eigenvalue weighted by atomic mass is 19.2. The van der Waals surface area contributed by atoms with E-state index in [1.807, 2.05) is 0 Å². The van der Waals surface area contributed by atoms with Gasteiger partial charge in [0.15, 0.2) is 23.3 Å². The minimum atomic E-state index is -2.36. The summed E-state index contributed by atoms with van der Waals surface area (Å²) in [5.74, 6) is -6.02. The first-order chi connectivity index (χ1) is 7.93. The Labute approximate surface area is 93.1 Å². The van der Waals surface area contributed by atoms with Crippen molar-refractivity contribution in [1.29, 1.82) is 0 Å². The number of hydrogen-bond acceptors (Lipinski definition) is 3. The van der Waals surface area contributed by atoms with Gasteiger partial charge in [0, 0.05) is 0 Å². The van der Waals surface area contributed by atoms with Gasteiger partial charge in [-0.1, -0.05) is 6.07 Å². The van der Waals surface area contributed by atoms with Gasteiger partial charge in [-0.15, -0.1) is 0 Å². The van der Waals surface area contributed by atoms with E-state index in [9.17, 15) is 17.6 Å². The molecule has 8 heteroatoms.